The maximum absolute atomic E-state index is 12.7. The van der Waals surface area contributed by atoms with Gasteiger partial charge in [-0.2, -0.15) is 0 Å². The van der Waals surface area contributed by atoms with Crippen LogP contribution in [0.4, 0.5) is 5.69 Å². The Morgan fingerprint density at radius 1 is 1.23 bits per heavy atom. The number of benzene rings is 2. The van der Waals surface area contributed by atoms with Crippen molar-refractivity contribution in [2.45, 2.75) is 30.8 Å². The Kier molecular flexibility index (Phi) is 5.78. The molecule has 1 N–H and O–H groups in total. The lowest BCUT2D eigenvalue weighted by atomic mass is 10.2. The van der Waals surface area contributed by atoms with Crippen LogP contribution in [0.1, 0.15) is 13.8 Å². The molecular formula is C19H18BrN3O2S. The highest BCUT2D eigenvalue weighted by Crippen LogP contribution is 2.24. The van der Waals surface area contributed by atoms with E-state index in [1.54, 1.807) is 17.6 Å². The zero-order valence-electron chi connectivity index (χ0n) is 14.4. The summed E-state index contributed by atoms with van der Waals surface area (Å²) in [5, 5.41) is 3.62. The van der Waals surface area contributed by atoms with Crippen LogP contribution in [0.5, 0.6) is 0 Å². The number of thioether (sulfide) groups is 1. The molecule has 0 fully saturated rings. The van der Waals surface area contributed by atoms with Gasteiger partial charge in [0.2, 0.25) is 5.91 Å². The molecule has 0 radical (unpaired) electrons. The van der Waals surface area contributed by atoms with Gasteiger partial charge in [-0.15, -0.1) is 0 Å². The summed E-state index contributed by atoms with van der Waals surface area (Å²) in [5.41, 5.74) is 1.29. The summed E-state index contributed by atoms with van der Waals surface area (Å²) >= 11 is 4.65. The highest BCUT2D eigenvalue weighted by atomic mass is 79.9. The van der Waals surface area contributed by atoms with Gasteiger partial charge >= 0.3 is 0 Å². The molecule has 7 heteroatoms. The topological polar surface area (TPSA) is 64.0 Å². The van der Waals surface area contributed by atoms with Crippen molar-refractivity contribution in [1.29, 1.82) is 0 Å². The van der Waals surface area contributed by atoms with Gasteiger partial charge in [0.25, 0.3) is 5.56 Å². The molecule has 26 heavy (non-hydrogen) atoms. The van der Waals surface area contributed by atoms with Crippen molar-refractivity contribution in [3.05, 3.63) is 63.4 Å². The van der Waals surface area contributed by atoms with Crippen molar-refractivity contribution in [3.8, 4) is 0 Å². The predicted molar refractivity (Wildman–Crippen MR) is 110 cm³/mol. The Hall–Kier alpha value is -2.12. The Morgan fingerprint density at radius 3 is 2.62 bits per heavy atom. The molecule has 1 heterocycles. The standard InChI is InChI=1S/C19H18BrN3O2S/c1-3-23-18(25)15-6-4-5-7-16(15)22-19(23)26-12(2)17(24)21-14-10-8-13(20)9-11-14/h4-12H,3H2,1-2H3,(H,21,24)/t12-/m0/s1. The lowest BCUT2D eigenvalue weighted by Gasteiger charge is -2.15. The molecule has 0 spiro atoms. The van der Waals surface area contributed by atoms with Gasteiger partial charge in [-0.1, -0.05) is 39.8 Å². The fourth-order valence-electron chi connectivity index (χ4n) is 2.51. The first kappa shape index (κ1) is 18.7. The Bertz CT molecular complexity index is 1000. The summed E-state index contributed by atoms with van der Waals surface area (Å²) < 4.78 is 2.56. The van der Waals surface area contributed by atoms with E-state index in [1.165, 1.54) is 11.8 Å². The zero-order chi connectivity index (χ0) is 18.7. The molecule has 0 saturated carbocycles. The van der Waals surface area contributed by atoms with E-state index >= 15 is 0 Å². The number of fused-ring (bicyclic) bond motifs is 1. The van der Waals surface area contributed by atoms with E-state index in [4.69, 9.17) is 0 Å². The number of rotatable bonds is 5. The lowest BCUT2D eigenvalue weighted by Crippen LogP contribution is -2.26. The number of hydrogen-bond donors (Lipinski definition) is 1. The lowest BCUT2D eigenvalue weighted by molar-refractivity contribution is -0.115. The number of carbonyl (C=O) groups excluding carboxylic acids is 1. The Balaban J connectivity index is 1.84. The van der Waals surface area contributed by atoms with Crippen molar-refractivity contribution < 1.29 is 4.79 Å². The van der Waals surface area contributed by atoms with Crippen molar-refractivity contribution in [3.63, 3.8) is 0 Å². The number of para-hydroxylation sites is 1. The predicted octanol–water partition coefficient (Wildman–Crippen LogP) is 4.30. The minimum absolute atomic E-state index is 0.0823. The average Bonchev–Trinajstić information content (AvgIpc) is 2.64. The fraction of sp³-hybridized carbons (Fsp3) is 0.211. The van der Waals surface area contributed by atoms with E-state index < -0.39 is 5.25 Å². The van der Waals surface area contributed by atoms with Crippen LogP contribution >= 0.6 is 27.7 Å². The van der Waals surface area contributed by atoms with Gasteiger partial charge in [-0.25, -0.2) is 4.98 Å². The van der Waals surface area contributed by atoms with E-state index in [1.807, 2.05) is 49.4 Å². The van der Waals surface area contributed by atoms with Crippen LogP contribution in [-0.2, 0) is 11.3 Å². The number of nitrogens with zero attached hydrogens (tertiary/aromatic N) is 2. The van der Waals surface area contributed by atoms with Crippen LogP contribution in [0.3, 0.4) is 0 Å². The van der Waals surface area contributed by atoms with E-state index in [9.17, 15) is 9.59 Å². The third-order valence-electron chi connectivity index (χ3n) is 3.91. The third-order valence-corrected chi connectivity index (χ3v) is 5.52. The minimum Gasteiger partial charge on any atom is -0.325 e. The summed E-state index contributed by atoms with van der Waals surface area (Å²) in [6, 6.07) is 14.7. The molecule has 5 nitrogen and oxygen atoms in total. The van der Waals surface area contributed by atoms with Crippen LogP contribution < -0.4 is 10.9 Å². The molecule has 2 aromatic carbocycles. The molecule has 0 bridgehead atoms. The van der Waals surface area contributed by atoms with E-state index in [-0.39, 0.29) is 11.5 Å². The largest absolute Gasteiger partial charge is 0.325 e. The van der Waals surface area contributed by atoms with Gasteiger partial charge < -0.3 is 5.32 Å². The molecule has 0 aliphatic carbocycles. The van der Waals surface area contributed by atoms with E-state index in [0.717, 1.165) is 10.2 Å². The van der Waals surface area contributed by atoms with Crippen LogP contribution in [0.25, 0.3) is 10.9 Å². The summed E-state index contributed by atoms with van der Waals surface area (Å²) in [6.45, 7) is 4.20. The quantitative estimate of drug-likeness (QED) is 0.483. The number of hydrogen-bond acceptors (Lipinski definition) is 4. The minimum atomic E-state index is -0.399. The van der Waals surface area contributed by atoms with Gasteiger partial charge in [-0.3, -0.25) is 14.2 Å². The van der Waals surface area contributed by atoms with E-state index in [0.29, 0.717) is 22.6 Å². The van der Waals surface area contributed by atoms with E-state index in [2.05, 4.69) is 26.2 Å². The molecule has 134 valence electrons. The SMILES string of the molecule is CCn1c(S[C@@H](C)C(=O)Nc2ccc(Br)cc2)nc2ccccc2c1=O. The van der Waals surface area contributed by atoms with Crippen molar-refractivity contribution >= 4 is 50.2 Å². The normalized spacial score (nSPS) is 12.1. The van der Waals surface area contributed by atoms with Gasteiger partial charge in [0.1, 0.15) is 0 Å². The first-order valence-electron chi connectivity index (χ1n) is 8.22. The second kappa shape index (κ2) is 8.05. The van der Waals surface area contributed by atoms with Crippen molar-refractivity contribution in [1.82, 2.24) is 9.55 Å². The fourth-order valence-corrected chi connectivity index (χ4v) is 3.74. The monoisotopic (exact) mass is 431 g/mol. The number of amides is 1. The summed E-state index contributed by atoms with van der Waals surface area (Å²) in [5.74, 6) is -0.137. The molecule has 1 amide bonds. The smallest absolute Gasteiger partial charge is 0.262 e. The first-order chi connectivity index (χ1) is 12.5. The highest BCUT2D eigenvalue weighted by Gasteiger charge is 2.19. The molecule has 0 aliphatic rings. The number of aromatic nitrogens is 2. The van der Waals surface area contributed by atoms with Crippen molar-refractivity contribution in [2.75, 3.05) is 5.32 Å². The number of carbonyl (C=O) groups is 1. The molecule has 0 unspecified atom stereocenters. The van der Waals surface area contributed by atoms with Gasteiger partial charge in [0.15, 0.2) is 5.16 Å². The summed E-state index contributed by atoms with van der Waals surface area (Å²) in [4.78, 5) is 29.7. The van der Waals surface area contributed by atoms with Crippen LogP contribution in [-0.4, -0.2) is 20.7 Å². The van der Waals surface area contributed by atoms with Crippen LogP contribution in [0.15, 0.2) is 63.0 Å². The number of anilines is 1. The second-order valence-electron chi connectivity index (χ2n) is 5.72. The molecule has 0 saturated heterocycles. The Labute approximate surface area is 164 Å². The molecule has 0 aliphatic heterocycles. The summed E-state index contributed by atoms with van der Waals surface area (Å²) in [7, 11) is 0. The average molecular weight is 432 g/mol. The number of halogens is 1. The van der Waals surface area contributed by atoms with Crippen LogP contribution in [0, 0.1) is 0 Å². The third kappa shape index (κ3) is 3.99. The zero-order valence-corrected chi connectivity index (χ0v) is 16.8. The highest BCUT2D eigenvalue weighted by molar-refractivity contribution is 9.10. The summed E-state index contributed by atoms with van der Waals surface area (Å²) in [6.07, 6.45) is 0. The van der Waals surface area contributed by atoms with Gasteiger partial charge in [0, 0.05) is 16.7 Å². The first-order valence-corrected chi connectivity index (χ1v) is 9.89. The van der Waals surface area contributed by atoms with Gasteiger partial charge in [-0.05, 0) is 50.2 Å². The maximum atomic E-state index is 12.7. The van der Waals surface area contributed by atoms with Crippen LogP contribution in [0.2, 0.25) is 0 Å². The molecule has 1 atom stereocenters. The second-order valence-corrected chi connectivity index (χ2v) is 7.94. The molecule has 1 aromatic heterocycles. The van der Waals surface area contributed by atoms with Crippen molar-refractivity contribution in [2.24, 2.45) is 0 Å². The Morgan fingerprint density at radius 2 is 1.92 bits per heavy atom. The molecular weight excluding hydrogens is 414 g/mol. The van der Waals surface area contributed by atoms with Gasteiger partial charge in [0.05, 0.1) is 16.2 Å². The molecule has 3 rings (SSSR count). The molecule has 3 aromatic rings. The maximum Gasteiger partial charge on any atom is 0.262 e. The number of nitrogens with one attached hydrogen (secondary N) is 1.